The van der Waals surface area contributed by atoms with Crippen molar-refractivity contribution in [3.8, 4) is 5.75 Å². The van der Waals surface area contributed by atoms with Crippen molar-refractivity contribution < 1.29 is 5.11 Å². The van der Waals surface area contributed by atoms with Crippen LogP contribution in [0.5, 0.6) is 5.75 Å². The number of para-hydroxylation sites is 1. The van der Waals surface area contributed by atoms with Gasteiger partial charge in [-0.05, 0) is 30.7 Å². The Morgan fingerprint density at radius 1 is 0.552 bits per heavy atom. The van der Waals surface area contributed by atoms with Gasteiger partial charge >= 0.3 is 0 Å². The smallest absolute Gasteiger partial charge is 0.119 e. The molecule has 1 aromatic rings. The third kappa shape index (κ3) is 10.6. The first kappa shape index (κ1) is 26.1. The van der Waals surface area contributed by atoms with Crippen molar-refractivity contribution in [1.82, 2.24) is 0 Å². The number of unbranched alkanes of at least 4 members (excludes halogenated alkanes) is 12. The number of benzene rings is 1. The first-order valence-corrected chi connectivity index (χ1v) is 13.0. The molecule has 0 radical (unpaired) electrons. The molecule has 29 heavy (non-hydrogen) atoms. The van der Waals surface area contributed by atoms with Gasteiger partial charge in [0.15, 0.2) is 0 Å². The highest BCUT2D eigenvalue weighted by Crippen LogP contribution is 2.43. The summed E-state index contributed by atoms with van der Waals surface area (Å²) in [7, 11) is 0. The second kappa shape index (κ2) is 16.8. The Hall–Kier alpha value is -0.980. The average molecular weight is 403 g/mol. The number of rotatable bonds is 19. The summed E-state index contributed by atoms with van der Waals surface area (Å²) in [6, 6.07) is 8.19. The van der Waals surface area contributed by atoms with Gasteiger partial charge in [0.05, 0.1) is 0 Å². The molecule has 0 heterocycles. The van der Waals surface area contributed by atoms with Gasteiger partial charge in [-0.2, -0.15) is 0 Å². The minimum Gasteiger partial charge on any atom is -0.508 e. The fourth-order valence-electron chi connectivity index (χ4n) is 5.02. The molecule has 1 aromatic carbocycles. The number of hydrogen-bond donors (Lipinski definition) is 1. The highest BCUT2D eigenvalue weighted by molar-refractivity contribution is 5.38. The van der Waals surface area contributed by atoms with Gasteiger partial charge in [-0.3, -0.25) is 0 Å². The average Bonchev–Trinajstić information content (AvgIpc) is 2.72. The van der Waals surface area contributed by atoms with Crippen molar-refractivity contribution in [2.75, 3.05) is 0 Å². The molecular formula is C28H50O. The topological polar surface area (TPSA) is 20.2 Å². The molecule has 1 rings (SSSR count). The molecule has 168 valence electrons. The second-order valence-corrected chi connectivity index (χ2v) is 9.29. The second-order valence-electron chi connectivity index (χ2n) is 9.29. The predicted octanol–water partition coefficient (Wildman–Crippen LogP) is 9.71. The summed E-state index contributed by atoms with van der Waals surface area (Å²) in [6.07, 6.45) is 23.9. The summed E-state index contributed by atoms with van der Waals surface area (Å²) in [6.45, 7) is 6.88. The molecule has 0 aromatic heterocycles. The Kier molecular flexibility index (Phi) is 15.1. The molecule has 0 amide bonds. The van der Waals surface area contributed by atoms with Crippen LogP contribution in [0.4, 0.5) is 0 Å². The molecule has 0 bridgehead atoms. The van der Waals surface area contributed by atoms with Crippen molar-refractivity contribution in [3.05, 3.63) is 29.8 Å². The van der Waals surface area contributed by atoms with Crippen LogP contribution in [0.15, 0.2) is 24.3 Å². The third-order valence-electron chi connectivity index (χ3n) is 6.72. The van der Waals surface area contributed by atoms with E-state index in [1.165, 1.54) is 121 Å². The number of phenols is 1. The van der Waals surface area contributed by atoms with Crippen LogP contribution >= 0.6 is 0 Å². The summed E-state index contributed by atoms with van der Waals surface area (Å²) >= 11 is 0. The van der Waals surface area contributed by atoms with Crippen molar-refractivity contribution in [3.63, 3.8) is 0 Å². The van der Waals surface area contributed by atoms with Crippen molar-refractivity contribution in [2.45, 2.75) is 142 Å². The SMILES string of the molecule is CCCCCCCCCC(CCC)(CCCCCCCCC)c1ccccc1O. The van der Waals surface area contributed by atoms with Gasteiger partial charge in [-0.1, -0.05) is 135 Å². The highest BCUT2D eigenvalue weighted by atomic mass is 16.3. The van der Waals surface area contributed by atoms with Gasteiger partial charge < -0.3 is 5.11 Å². The van der Waals surface area contributed by atoms with E-state index in [-0.39, 0.29) is 5.41 Å². The third-order valence-corrected chi connectivity index (χ3v) is 6.72. The van der Waals surface area contributed by atoms with Crippen LogP contribution in [0.25, 0.3) is 0 Å². The van der Waals surface area contributed by atoms with E-state index in [0.29, 0.717) is 5.75 Å². The molecule has 0 saturated carbocycles. The molecule has 0 spiro atoms. The van der Waals surface area contributed by atoms with Crippen molar-refractivity contribution >= 4 is 0 Å². The zero-order valence-electron chi connectivity index (χ0n) is 20.0. The lowest BCUT2D eigenvalue weighted by molar-refractivity contribution is 0.296. The fraction of sp³-hybridized carbons (Fsp3) is 0.786. The molecule has 0 unspecified atom stereocenters. The van der Waals surface area contributed by atoms with Crippen LogP contribution in [0.1, 0.15) is 142 Å². The Balaban J connectivity index is 2.65. The van der Waals surface area contributed by atoms with Crippen LogP contribution in [-0.2, 0) is 5.41 Å². The zero-order chi connectivity index (χ0) is 21.2. The molecule has 0 aliphatic rings. The Morgan fingerprint density at radius 2 is 1.00 bits per heavy atom. The lowest BCUT2D eigenvalue weighted by Gasteiger charge is -2.35. The normalized spacial score (nSPS) is 11.8. The summed E-state index contributed by atoms with van der Waals surface area (Å²) < 4.78 is 0. The quantitative estimate of drug-likeness (QED) is 0.228. The lowest BCUT2D eigenvalue weighted by Crippen LogP contribution is -2.26. The number of phenolic OH excluding ortho intramolecular Hbond substituents is 1. The van der Waals surface area contributed by atoms with Gasteiger partial charge in [-0.25, -0.2) is 0 Å². The van der Waals surface area contributed by atoms with E-state index in [2.05, 4.69) is 32.9 Å². The summed E-state index contributed by atoms with van der Waals surface area (Å²) in [5.41, 5.74) is 1.39. The molecule has 1 N–H and O–H groups in total. The van der Waals surface area contributed by atoms with Crippen LogP contribution in [0, 0.1) is 0 Å². The van der Waals surface area contributed by atoms with E-state index >= 15 is 0 Å². The Labute approximate surface area is 182 Å². The van der Waals surface area contributed by atoms with E-state index in [1.807, 2.05) is 12.1 Å². The van der Waals surface area contributed by atoms with E-state index < -0.39 is 0 Å². The van der Waals surface area contributed by atoms with E-state index in [4.69, 9.17) is 0 Å². The standard InChI is InChI=1S/C28H50O/c1-4-7-9-11-13-15-19-24-28(23-6-3,26-21-17-18-22-27(26)29)25-20-16-14-12-10-8-5-2/h17-18,21-22,29H,4-16,19-20,23-25H2,1-3H3. The minimum atomic E-state index is 0.174. The van der Waals surface area contributed by atoms with Crippen LogP contribution < -0.4 is 0 Å². The molecule has 0 atom stereocenters. The van der Waals surface area contributed by atoms with Crippen LogP contribution in [0.2, 0.25) is 0 Å². The van der Waals surface area contributed by atoms with Crippen LogP contribution in [0.3, 0.4) is 0 Å². The van der Waals surface area contributed by atoms with Crippen molar-refractivity contribution in [2.24, 2.45) is 0 Å². The van der Waals surface area contributed by atoms with Crippen LogP contribution in [-0.4, -0.2) is 5.11 Å². The zero-order valence-corrected chi connectivity index (χ0v) is 20.0. The predicted molar refractivity (Wildman–Crippen MR) is 130 cm³/mol. The van der Waals surface area contributed by atoms with Gasteiger partial charge in [0.25, 0.3) is 0 Å². The molecule has 0 aliphatic heterocycles. The maximum atomic E-state index is 10.7. The number of hydrogen-bond acceptors (Lipinski definition) is 1. The first-order valence-electron chi connectivity index (χ1n) is 13.0. The van der Waals surface area contributed by atoms with E-state index in [1.54, 1.807) is 0 Å². The summed E-state index contributed by atoms with van der Waals surface area (Å²) in [5.74, 6) is 0.520. The summed E-state index contributed by atoms with van der Waals surface area (Å²) in [4.78, 5) is 0. The lowest BCUT2D eigenvalue weighted by atomic mass is 9.69. The van der Waals surface area contributed by atoms with Gasteiger partial charge in [0.2, 0.25) is 0 Å². The van der Waals surface area contributed by atoms with Crippen molar-refractivity contribution in [1.29, 1.82) is 0 Å². The van der Waals surface area contributed by atoms with E-state index in [9.17, 15) is 5.11 Å². The summed E-state index contributed by atoms with van der Waals surface area (Å²) in [5, 5.41) is 10.7. The maximum absolute atomic E-state index is 10.7. The highest BCUT2D eigenvalue weighted by Gasteiger charge is 2.32. The monoisotopic (exact) mass is 402 g/mol. The molecular weight excluding hydrogens is 352 g/mol. The van der Waals surface area contributed by atoms with Gasteiger partial charge in [0, 0.05) is 5.56 Å². The molecule has 1 nitrogen and oxygen atoms in total. The number of aromatic hydroxyl groups is 1. The Morgan fingerprint density at radius 3 is 1.45 bits per heavy atom. The molecule has 1 heteroatoms. The molecule has 0 fully saturated rings. The molecule has 0 saturated heterocycles. The maximum Gasteiger partial charge on any atom is 0.119 e. The fourth-order valence-corrected chi connectivity index (χ4v) is 5.02. The Bertz CT molecular complexity index is 475. The van der Waals surface area contributed by atoms with Gasteiger partial charge in [-0.15, -0.1) is 0 Å². The first-order chi connectivity index (χ1) is 14.2. The molecule has 0 aliphatic carbocycles. The van der Waals surface area contributed by atoms with E-state index in [0.717, 1.165) is 0 Å². The largest absolute Gasteiger partial charge is 0.508 e. The minimum absolute atomic E-state index is 0.174. The van der Waals surface area contributed by atoms with Gasteiger partial charge in [0.1, 0.15) is 5.75 Å².